The molecule has 0 bridgehead atoms. The number of hydrogen-bond acceptors (Lipinski definition) is 3. The molecule has 1 aliphatic heterocycles. The van der Waals surface area contributed by atoms with Crippen LogP contribution in [0.2, 0.25) is 0 Å². The summed E-state index contributed by atoms with van der Waals surface area (Å²) in [6, 6.07) is 28.3. The molecule has 5 rings (SSSR count). The molecule has 6 nitrogen and oxygen atoms in total. The van der Waals surface area contributed by atoms with Crippen molar-refractivity contribution >= 4 is 11.8 Å². The zero-order chi connectivity index (χ0) is 24.0. The van der Waals surface area contributed by atoms with Crippen molar-refractivity contribution in [3.8, 4) is 11.1 Å². The maximum atomic E-state index is 12.9. The highest BCUT2D eigenvalue weighted by atomic mass is 16.2. The van der Waals surface area contributed by atoms with E-state index in [2.05, 4.69) is 40.7 Å². The first kappa shape index (κ1) is 22.6. The Balaban J connectivity index is 1.21. The molecule has 1 atom stereocenters. The summed E-state index contributed by atoms with van der Waals surface area (Å²) in [4.78, 5) is 27.2. The van der Waals surface area contributed by atoms with E-state index in [-0.39, 0.29) is 24.2 Å². The van der Waals surface area contributed by atoms with Crippen LogP contribution < -0.4 is 5.32 Å². The molecule has 1 saturated heterocycles. The number of amides is 2. The van der Waals surface area contributed by atoms with Gasteiger partial charge in [0.25, 0.3) is 0 Å². The lowest BCUT2D eigenvalue weighted by Gasteiger charge is -2.17. The predicted molar refractivity (Wildman–Crippen MR) is 135 cm³/mol. The molecule has 3 aromatic carbocycles. The molecule has 0 spiro atoms. The summed E-state index contributed by atoms with van der Waals surface area (Å²) in [6.07, 6.45) is 3.99. The minimum absolute atomic E-state index is 0.0320. The van der Waals surface area contributed by atoms with Crippen LogP contribution in [0.3, 0.4) is 0 Å². The summed E-state index contributed by atoms with van der Waals surface area (Å²) in [5, 5.41) is 7.33. The molecule has 4 aromatic rings. The molecule has 1 aromatic heterocycles. The van der Waals surface area contributed by atoms with Gasteiger partial charge >= 0.3 is 0 Å². The standard InChI is InChI=1S/C29H28N4O2/c34-28-17-26(21-32(28)19-22-7-2-1-3-8-22)29(35)30-18-25-9-4-5-10-27(25)24-13-11-23(12-14-24)20-33-16-6-15-31-33/h1-16,26H,17-21H2,(H,30,35). The predicted octanol–water partition coefficient (Wildman–Crippen LogP) is 4.26. The van der Waals surface area contributed by atoms with E-state index >= 15 is 0 Å². The maximum absolute atomic E-state index is 12.9. The van der Waals surface area contributed by atoms with E-state index in [1.807, 2.05) is 65.5 Å². The molecule has 1 unspecified atom stereocenters. The lowest BCUT2D eigenvalue weighted by atomic mass is 9.98. The van der Waals surface area contributed by atoms with Gasteiger partial charge < -0.3 is 10.2 Å². The van der Waals surface area contributed by atoms with Gasteiger partial charge in [-0.3, -0.25) is 14.3 Å². The molecule has 1 aliphatic rings. The van der Waals surface area contributed by atoms with Gasteiger partial charge in [0.1, 0.15) is 0 Å². The van der Waals surface area contributed by atoms with Gasteiger partial charge in [0.2, 0.25) is 11.8 Å². The first-order valence-electron chi connectivity index (χ1n) is 11.9. The van der Waals surface area contributed by atoms with Gasteiger partial charge in [-0.05, 0) is 33.9 Å². The van der Waals surface area contributed by atoms with Crippen molar-refractivity contribution in [1.82, 2.24) is 20.0 Å². The van der Waals surface area contributed by atoms with E-state index in [9.17, 15) is 9.59 Å². The number of likely N-dealkylation sites (tertiary alicyclic amines) is 1. The molecule has 1 fully saturated rings. The van der Waals surface area contributed by atoms with Gasteiger partial charge in [-0.2, -0.15) is 5.10 Å². The molecule has 6 heteroatoms. The highest BCUT2D eigenvalue weighted by Gasteiger charge is 2.34. The molecule has 0 radical (unpaired) electrons. The van der Waals surface area contributed by atoms with Crippen molar-refractivity contribution in [3.63, 3.8) is 0 Å². The zero-order valence-electron chi connectivity index (χ0n) is 19.5. The fraction of sp³-hybridized carbons (Fsp3) is 0.207. The van der Waals surface area contributed by atoms with Gasteiger partial charge in [0.15, 0.2) is 0 Å². The second-order valence-electron chi connectivity index (χ2n) is 8.94. The van der Waals surface area contributed by atoms with E-state index < -0.39 is 0 Å². The lowest BCUT2D eigenvalue weighted by Crippen LogP contribution is -2.32. The Bertz CT molecular complexity index is 1280. The number of benzene rings is 3. The Labute approximate surface area is 205 Å². The lowest BCUT2D eigenvalue weighted by molar-refractivity contribution is -0.129. The molecule has 0 saturated carbocycles. The Hall–Kier alpha value is -4.19. The molecule has 35 heavy (non-hydrogen) atoms. The first-order valence-corrected chi connectivity index (χ1v) is 11.9. The summed E-state index contributed by atoms with van der Waals surface area (Å²) in [7, 11) is 0. The second-order valence-corrected chi connectivity index (χ2v) is 8.94. The summed E-state index contributed by atoms with van der Waals surface area (Å²) in [5.41, 5.74) is 5.49. The van der Waals surface area contributed by atoms with Crippen molar-refractivity contribution < 1.29 is 9.59 Å². The molecule has 0 aliphatic carbocycles. The number of nitrogens with zero attached hydrogens (tertiary/aromatic N) is 3. The van der Waals surface area contributed by atoms with Crippen molar-refractivity contribution in [2.75, 3.05) is 6.54 Å². The Morgan fingerprint density at radius 2 is 1.63 bits per heavy atom. The smallest absolute Gasteiger partial charge is 0.225 e. The fourth-order valence-electron chi connectivity index (χ4n) is 4.56. The molecule has 2 amide bonds. The van der Waals surface area contributed by atoms with Crippen LogP contribution in [-0.4, -0.2) is 33.0 Å². The first-order chi connectivity index (χ1) is 17.2. The summed E-state index contributed by atoms with van der Waals surface area (Å²) < 4.78 is 1.90. The van der Waals surface area contributed by atoms with Crippen LogP contribution in [0, 0.1) is 5.92 Å². The quantitative estimate of drug-likeness (QED) is 0.424. The van der Waals surface area contributed by atoms with E-state index in [4.69, 9.17) is 0 Å². The highest BCUT2D eigenvalue weighted by molar-refractivity contribution is 5.89. The van der Waals surface area contributed by atoms with Crippen molar-refractivity contribution in [3.05, 3.63) is 114 Å². The van der Waals surface area contributed by atoms with Crippen LogP contribution in [0.5, 0.6) is 0 Å². The largest absolute Gasteiger partial charge is 0.352 e. The van der Waals surface area contributed by atoms with Crippen molar-refractivity contribution in [1.29, 1.82) is 0 Å². The van der Waals surface area contributed by atoms with Crippen molar-refractivity contribution in [2.24, 2.45) is 5.92 Å². The molecular weight excluding hydrogens is 436 g/mol. The topological polar surface area (TPSA) is 67.2 Å². The summed E-state index contributed by atoms with van der Waals surface area (Å²) in [6.45, 7) is 2.15. The average Bonchev–Trinajstić information content (AvgIpc) is 3.54. The number of carbonyl (C=O) groups excluding carboxylic acids is 2. The van der Waals surface area contributed by atoms with Crippen molar-refractivity contribution in [2.45, 2.75) is 26.1 Å². The molecular formula is C29H28N4O2. The molecule has 176 valence electrons. The van der Waals surface area contributed by atoms with Gasteiger partial charge in [-0.15, -0.1) is 0 Å². The molecule has 1 N–H and O–H groups in total. The summed E-state index contributed by atoms with van der Waals surface area (Å²) >= 11 is 0. The molecule has 2 heterocycles. The highest BCUT2D eigenvalue weighted by Crippen LogP contribution is 2.25. The minimum atomic E-state index is -0.319. The van der Waals surface area contributed by atoms with E-state index in [0.29, 0.717) is 19.6 Å². The van der Waals surface area contributed by atoms with Crippen LogP contribution in [0.25, 0.3) is 11.1 Å². The number of aromatic nitrogens is 2. The van der Waals surface area contributed by atoms with Crippen LogP contribution in [0.1, 0.15) is 23.1 Å². The van der Waals surface area contributed by atoms with Gasteiger partial charge in [-0.25, -0.2) is 0 Å². The summed E-state index contributed by atoms with van der Waals surface area (Å²) in [5.74, 6) is -0.358. The van der Waals surface area contributed by atoms with Gasteiger partial charge in [0.05, 0.1) is 12.5 Å². The van der Waals surface area contributed by atoms with E-state index in [0.717, 1.165) is 28.8 Å². The number of nitrogens with one attached hydrogen (secondary N) is 1. The van der Waals surface area contributed by atoms with Crippen LogP contribution in [0.15, 0.2) is 97.3 Å². The number of hydrogen-bond donors (Lipinski definition) is 1. The Morgan fingerprint density at radius 1 is 0.886 bits per heavy atom. The second kappa shape index (κ2) is 10.4. The van der Waals surface area contributed by atoms with Gasteiger partial charge in [-0.1, -0.05) is 78.9 Å². The normalized spacial score (nSPS) is 15.4. The SMILES string of the molecule is O=C(NCc1ccccc1-c1ccc(Cn2cccn2)cc1)C1CC(=O)N(Cc2ccccc2)C1. The minimum Gasteiger partial charge on any atom is -0.352 e. The third-order valence-corrected chi connectivity index (χ3v) is 6.44. The fourth-order valence-corrected chi connectivity index (χ4v) is 4.56. The van der Waals surface area contributed by atoms with E-state index in [1.54, 1.807) is 11.1 Å². The van der Waals surface area contributed by atoms with Crippen LogP contribution in [0.4, 0.5) is 0 Å². The number of carbonyl (C=O) groups is 2. The Morgan fingerprint density at radius 3 is 2.40 bits per heavy atom. The van der Waals surface area contributed by atoms with Crippen LogP contribution in [-0.2, 0) is 29.2 Å². The van der Waals surface area contributed by atoms with Crippen LogP contribution >= 0.6 is 0 Å². The third kappa shape index (κ3) is 5.49. The average molecular weight is 465 g/mol. The third-order valence-electron chi connectivity index (χ3n) is 6.44. The number of rotatable bonds is 8. The zero-order valence-corrected chi connectivity index (χ0v) is 19.5. The maximum Gasteiger partial charge on any atom is 0.225 e. The van der Waals surface area contributed by atoms with E-state index in [1.165, 1.54) is 5.56 Å². The monoisotopic (exact) mass is 464 g/mol. The Kier molecular flexibility index (Phi) is 6.70. The van der Waals surface area contributed by atoms with Gasteiger partial charge in [0, 0.05) is 38.4 Å².